The molecule has 6 nitrogen and oxygen atoms in total. The summed E-state index contributed by atoms with van der Waals surface area (Å²) < 4.78 is 10.4. The van der Waals surface area contributed by atoms with Crippen LogP contribution >= 0.6 is 0 Å². The SMILES string of the molecule is CCOc1ccc(CNC(=O)C(=O)Nc2cccc(OC)c2)cc1. The molecule has 0 aliphatic rings. The largest absolute Gasteiger partial charge is 0.497 e. The number of benzene rings is 2. The van der Waals surface area contributed by atoms with Crippen molar-refractivity contribution in [3.8, 4) is 11.5 Å². The number of hydrogen-bond donors (Lipinski definition) is 2. The summed E-state index contributed by atoms with van der Waals surface area (Å²) >= 11 is 0. The summed E-state index contributed by atoms with van der Waals surface area (Å²) in [6.07, 6.45) is 0. The van der Waals surface area contributed by atoms with Crippen molar-refractivity contribution in [1.29, 1.82) is 0 Å². The first-order valence-corrected chi connectivity index (χ1v) is 7.57. The average Bonchev–Trinajstić information content (AvgIpc) is 2.61. The number of anilines is 1. The van der Waals surface area contributed by atoms with E-state index < -0.39 is 11.8 Å². The molecule has 2 aromatic carbocycles. The summed E-state index contributed by atoms with van der Waals surface area (Å²) in [5, 5.41) is 5.10. The van der Waals surface area contributed by atoms with E-state index in [1.54, 1.807) is 24.3 Å². The maximum Gasteiger partial charge on any atom is 0.313 e. The minimum atomic E-state index is -0.728. The Morgan fingerprint density at radius 3 is 2.42 bits per heavy atom. The fourth-order valence-electron chi connectivity index (χ4n) is 2.02. The van der Waals surface area contributed by atoms with Crippen molar-refractivity contribution in [3.05, 3.63) is 54.1 Å². The first-order chi connectivity index (χ1) is 11.6. The van der Waals surface area contributed by atoms with Crippen molar-refractivity contribution in [1.82, 2.24) is 5.32 Å². The Balaban J connectivity index is 1.86. The molecule has 2 amide bonds. The van der Waals surface area contributed by atoms with Crippen LogP contribution in [0.15, 0.2) is 48.5 Å². The molecule has 2 aromatic rings. The summed E-state index contributed by atoms with van der Waals surface area (Å²) in [5.41, 5.74) is 1.37. The molecule has 126 valence electrons. The maximum atomic E-state index is 11.9. The number of carbonyl (C=O) groups is 2. The lowest BCUT2D eigenvalue weighted by molar-refractivity contribution is -0.136. The average molecular weight is 328 g/mol. The van der Waals surface area contributed by atoms with E-state index in [1.807, 2.05) is 31.2 Å². The Morgan fingerprint density at radius 1 is 1.00 bits per heavy atom. The predicted molar refractivity (Wildman–Crippen MR) is 91.1 cm³/mol. The number of amides is 2. The molecule has 0 saturated carbocycles. The van der Waals surface area contributed by atoms with Crippen molar-refractivity contribution in [2.45, 2.75) is 13.5 Å². The van der Waals surface area contributed by atoms with E-state index >= 15 is 0 Å². The van der Waals surface area contributed by atoms with Gasteiger partial charge in [0.1, 0.15) is 11.5 Å². The second kappa shape index (κ2) is 8.57. The number of hydrogen-bond acceptors (Lipinski definition) is 4. The van der Waals surface area contributed by atoms with Gasteiger partial charge in [-0.25, -0.2) is 0 Å². The first-order valence-electron chi connectivity index (χ1n) is 7.57. The Morgan fingerprint density at radius 2 is 1.75 bits per heavy atom. The van der Waals surface area contributed by atoms with Crippen molar-refractivity contribution in [2.75, 3.05) is 19.0 Å². The zero-order valence-corrected chi connectivity index (χ0v) is 13.7. The smallest absolute Gasteiger partial charge is 0.313 e. The quantitative estimate of drug-likeness (QED) is 0.798. The van der Waals surface area contributed by atoms with Gasteiger partial charge in [0.05, 0.1) is 13.7 Å². The van der Waals surface area contributed by atoms with Crippen LogP contribution < -0.4 is 20.1 Å². The number of methoxy groups -OCH3 is 1. The number of carbonyl (C=O) groups excluding carboxylic acids is 2. The highest BCUT2D eigenvalue weighted by Gasteiger charge is 2.13. The van der Waals surface area contributed by atoms with Gasteiger partial charge in [0.15, 0.2) is 0 Å². The Labute approximate surface area is 140 Å². The third-order valence-corrected chi connectivity index (χ3v) is 3.22. The topological polar surface area (TPSA) is 76.7 Å². The molecule has 0 aliphatic heterocycles. The van der Waals surface area contributed by atoms with E-state index in [-0.39, 0.29) is 6.54 Å². The van der Waals surface area contributed by atoms with Gasteiger partial charge < -0.3 is 20.1 Å². The first kappa shape index (κ1) is 17.3. The lowest BCUT2D eigenvalue weighted by Crippen LogP contribution is -2.34. The van der Waals surface area contributed by atoms with E-state index in [9.17, 15) is 9.59 Å². The standard InChI is InChI=1S/C18H20N2O4/c1-3-24-15-9-7-13(8-10-15)12-19-17(21)18(22)20-14-5-4-6-16(11-14)23-2/h4-11H,3,12H2,1-2H3,(H,19,21)(H,20,22). The van der Waals surface area contributed by atoms with Gasteiger partial charge in [0, 0.05) is 18.3 Å². The lowest BCUT2D eigenvalue weighted by atomic mass is 10.2. The fraction of sp³-hybridized carbons (Fsp3) is 0.222. The minimum absolute atomic E-state index is 0.261. The molecule has 0 aromatic heterocycles. The van der Waals surface area contributed by atoms with Crippen molar-refractivity contribution >= 4 is 17.5 Å². The van der Waals surface area contributed by atoms with E-state index in [1.165, 1.54) is 7.11 Å². The molecule has 24 heavy (non-hydrogen) atoms. The molecule has 0 spiro atoms. The van der Waals surface area contributed by atoms with E-state index in [2.05, 4.69) is 10.6 Å². The molecule has 0 bridgehead atoms. The molecule has 0 radical (unpaired) electrons. The molecule has 2 rings (SSSR count). The minimum Gasteiger partial charge on any atom is -0.497 e. The summed E-state index contributed by atoms with van der Waals surface area (Å²) in [5.74, 6) is -0.0631. The van der Waals surface area contributed by atoms with Gasteiger partial charge in [-0.2, -0.15) is 0 Å². The molecule has 0 aliphatic carbocycles. The van der Waals surface area contributed by atoms with Crippen LogP contribution in [0.3, 0.4) is 0 Å². The van der Waals surface area contributed by atoms with Crippen LogP contribution in [0.25, 0.3) is 0 Å². The van der Waals surface area contributed by atoms with Crippen molar-refractivity contribution in [3.63, 3.8) is 0 Å². The summed E-state index contributed by atoms with van der Waals surface area (Å²) in [6.45, 7) is 2.77. The van der Waals surface area contributed by atoms with E-state index in [4.69, 9.17) is 9.47 Å². The van der Waals surface area contributed by atoms with Crippen LogP contribution in [0.4, 0.5) is 5.69 Å². The van der Waals surface area contributed by atoms with Crippen LogP contribution in [0, 0.1) is 0 Å². The lowest BCUT2D eigenvalue weighted by Gasteiger charge is -2.08. The zero-order valence-electron chi connectivity index (χ0n) is 13.7. The molecule has 0 unspecified atom stereocenters. The second-order valence-electron chi connectivity index (χ2n) is 4.95. The monoisotopic (exact) mass is 328 g/mol. The molecule has 0 saturated heterocycles. The fourth-order valence-corrected chi connectivity index (χ4v) is 2.02. The zero-order chi connectivity index (χ0) is 17.4. The normalized spacial score (nSPS) is 9.92. The van der Waals surface area contributed by atoms with Gasteiger partial charge in [-0.15, -0.1) is 0 Å². The Kier molecular flexibility index (Phi) is 6.19. The van der Waals surface area contributed by atoms with Crippen LogP contribution in [0.1, 0.15) is 12.5 Å². The van der Waals surface area contributed by atoms with Gasteiger partial charge in [-0.1, -0.05) is 18.2 Å². The number of nitrogens with one attached hydrogen (secondary N) is 2. The van der Waals surface area contributed by atoms with Crippen LogP contribution in [-0.2, 0) is 16.1 Å². The summed E-state index contributed by atoms with van der Waals surface area (Å²) in [6, 6.07) is 14.1. The second-order valence-corrected chi connectivity index (χ2v) is 4.95. The van der Waals surface area contributed by atoms with Gasteiger partial charge >= 0.3 is 11.8 Å². The number of ether oxygens (including phenoxy) is 2. The maximum absolute atomic E-state index is 11.9. The van der Waals surface area contributed by atoms with Crippen LogP contribution in [0.2, 0.25) is 0 Å². The highest BCUT2D eigenvalue weighted by Crippen LogP contribution is 2.16. The van der Waals surface area contributed by atoms with Gasteiger partial charge in [-0.05, 0) is 36.8 Å². The molecular weight excluding hydrogens is 308 g/mol. The van der Waals surface area contributed by atoms with Crippen LogP contribution in [0.5, 0.6) is 11.5 Å². The van der Waals surface area contributed by atoms with Crippen LogP contribution in [-0.4, -0.2) is 25.5 Å². The number of rotatable bonds is 6. The third-order valence-electron chi connectivity index (χ3n) is 3.22. The van der Waals surface area contributed by atoms with E-state index in [0.29, 0.717) is 18.0 Å². The van der Waals surface area contributed by atoms with Crippen molar-refractivity contribution < 1.29 is 19.1 Å². The van der Waals surface area contributed by atoms with Gasteiger partial charge in [0.25, 0.3) is 0 Å². The summed E-state index contributed by atoms with van der Waals surface area (Å²) in [4.78, 5) is 23.8. The van der Waals surface area contributed by atoms with E-state index in [0.717, 1.165) is 11.3 Å². The Hall–Kier alpha value is -3.02. The third kappa shape index (κ3) is 5.01. The molecule has 0 fully saturated rings. The highest BCUT2D eigenvalue weighted by molar-refractivity contribution is 6.39. The highest BCUT2D eigenvalue weighted by atomic mass is 16.5. The molecule has 2 N–H and O–H groups in total. The summed E-state index contributed by atoms with van der Waals surface area (Å²) in [7, 11) is 1.53. The molecule has 6 heteroatoms. The van der Waals surface area contributed by atoms with Gasteiger partial charge in [-0.3, -0.25) is 9.59 Å². The predicted octanol–water partition coefficient (Wildman–Crippen LogP) is 2.35. The Bertz CT molecular complexity index is 698. The van der Waals surface area contributed by atoms with Crippen molar-refractivity contribution in [2.24, 2.45) is 0 Å². The molecule has 0 heterocycles. The molecule has 0 atom stereocenters. The van der Waals surface area contributed by atoms with Gasteiger partial charge in [0.2, 0.25) is 0 Å². The molecular formula is C18H20N2O4.